The molecule has 0 rings (SSSR count). The second kappa shape index (κ2) is 25.0. The smallest absolute Gasteiger partial charge is 0.305 e. The van der Waals surface area contributed by atoms with Gasteiger partial charge in [-0.1, -0.05) is 13.8 Å². The van der Waals surface area contributed by atoms with Crippen LogP contribution in [0.2, 0.25) is 0 Å². The fourth-order valence-electron chi connectivity index (χ4n) is 3.51. The maximum absolute atomic E-state index is 12.9. The van der Waals surface area contributed by atoms with Crippen LogP contribution in [0.4, 0.5) is 0 Å². The normalized spacial score (nSPS) is 11.6. The zero-order valence-electron chi connectivity index (χ0n) is 24.4. The van der Waals surface area contributed by atoms with Crippen molar-refractivity contribution in [2.75, 3.05) is 52.9 Å². The Balaban J connectivity index is -0.00000760. The van der Waals surface area contributed by atoms with Gasteiger partial charge in [-0.3, -0.25) is 28.9 Å². The summed E-state index contributed by atoms with van der Waals surface area (Å²) in [5, 5.41) is 21.8. The zero-order chi connectivity index (χ0) is 30.8. The van der Waals surface area contributed by atoms with Crippen LogP contribution in [-0.4, -0.2) is 121 Å². The van der Waals surface area contributed by atoms with E-state index in [0.29, 0.717) is 19.5 Å². The van der Waals surface area contributed by atoms with E-state index in [1.54, 1.807) is 4.90 Å². The van der Waals surface area contributed by atoms with E-state index in [9.17, 15) is 38.7 Å². The minimum atomic E-state index is -1.39. The molecule has 0 unspecified atom stereocenters. The van der Waals surface area contributed by atoms with Crippen LogP contribution >= 0.6 is 0 Å². The molecule has 6 amide bonds. The van der Waals surface area contributed by atoms with Gasteiger partial charge in [-0.15, -0.1) is 0 Å². The molecule has 0 aliphatic heterocycles. The maximum atomic E-state index is 12.9. The van der Waals surface area contributed by atoms with Gasteiger partial charge in [-0.2, -0.15) is 0 Å². The summed E-state index contributed by atoms with van der Waals surface area (Å²) in [5.74, 6) is -4.34. The molecule has 42 heavy (non-hydrogen) atoms. The van der Waals surface area contributed by atoms with E-state index in [4.69, 9.17) is 0 Å². The van der Waals surface area contributed by atoms with Gasteiger partial charge in [0.05, 0.1) is 24.8 Å². The second-order valence-electron chi connectivity index (χ2n) is 9.55. The first-order valence-electron chi connectivity index (χ1n) is 12.9. The number of aliphatic carboxylic acids is 1. The molecule has 0 saturated heterocycles. The molecule has 0 saturated carbocycles. The van der Waals surface area contributed by atoms with Crippen molar-refractivity contribution >= 4 is 41.4 Å². The van der Waals surface area contributed by atoms with Gasteiger partial charge < -0.3 is 60.0 Å². The minimum Gasteiger partial charge on any atom is -0.481 e. The van der Waals surface area contributed by atoms with Crippen LogP contribution in [0.15, 0.2) is 0 Å². The average molecular weight is 884 g/mol. The third-order valence-electron chi connectivity index (χ3n) is 5.59. The van der Waals surface area contributed by atoms with E-state index in [1.807, 2.05) is 13.8 Å². The summed E-state index contributed by atoms with van der Waals surface area (Å²) in [6.45, 7) is 12.4. The quantitative estimate of drug-likeness (QED) is 0.0588. The van der Waals surface area contributed by atoms with Gasteiger partial charge >= 0.3 is 5.97 Å². The first-order chi connectivity index (χ1) is 18.6. The standard InChI is InChI=1S/C25H43N7O8.2Gd/c1-16(2)13-21(31(6)19(5)35)25(40)30-20(14-23(37)38)24(39)29-8-7-28-22(36)15-32(11-9-26-17(3)33)12-10-27-18(4)34;;/h16,20-21H,3-4,7-15H2,1-2,5-6H3,(H,26,33)(H,27,34)(H,28,36)(H,29,39)(H,30,40)(H,37,38);;/q-2;;/t20-,21-;;/m0../s1. The van der Waals surface area contributed by atoms with Crippen LogP contribution in [0.3, 0.4) is 0 Å². The SMILES string of the molecule is [CH2-]C(=O)NCCN(CCNC([CH2-])=O)CC(=O)NCCNC(=O)[C@H](CC(=O)O)NC(=O)[C@H](CC(C)C)N(C)C(C)=O.[Gd].[Gd]. The first-order valence-corrected chi connectivity index (χ1v) is 12.9. The number of carbonyl (C=O) groups is 7. The molecule has 0 aliphatic carbocycles. The Morgan fingerprint density at radius 3 is 1.71 bits per heavy atom. The second-order valence-corrected chi connectivity index (χ2v) is 9.55. The first kappa shape index (κ1) is 45.1. The van der Waals surface area contributed by atoms with Crippen molar-refractivity contribution in [2.24, 2.45) is 5.92 Å². The summed E-state index contributed by atoms with van der Waals surface area (Å²) in [5.41, 5.74) is 0. The Morgan fingerprint density at radius 2 is 1.29 bits per heavy atom. The van der Waals surface area contributed by atoms with E-state index in [0.717, 1.165) is 0 Å². The van der Waals surface area contributed by atoms with Crippen LogP contribution in [0.5, 0.6) is 0 Å². The Morgan fingerprint density at radius 1 is 0.786 bits per heavy atom. The summed E-state index contributed by atoms with van der Waals surface area (Å²) < 4.78 is 0. The number of hydrogen-bond acceptors (Lipinski definition) is 8. The molecular formula is C25H43Gd2N7O8-2. The monoisotopic (exact) mass is 885 g/mol. The van der Waals surface area contributed by atoms with Crippen molar-refractivity contribution in [3.63, 3.8) is 0 Å². The van der Waals surface area contributed by atoms with Crippen molar-refractivity contribution in [1.82, 2.24) is 36.4 Å². The molecule has 0 aliphatic rings. The zero-order valence-corrected chi connectivity index (χ0v) is 29.0. The molecule has 15 nitrogen and oxygen atoms in total. The Kier molecular flexibility index (Phi) is 26.8. The fourth-order valence-corrected chi connectivity index (χ4v) is 3.51. The molecule has 244 valence electrons. The number of nitrogens with zero attached hydrogens (tertiary/aromatic N) is 2. The number of carbonyl (C=O) groups excluding carboxylic acids is 6. The predicted octanol–water partition coefficient (Wildman–Crippen LogP) is -2.73. The average Bonchev–Trinajstić information content (AvgIpc) is 2.83. The third-order valence-corrected chi connectivity index (χ3v) is 5.59. The van der Waals surface area contributed by atoms with E-state index in [-0.39, 0.29) is 124 Å². The molecule has 0 aromatic rings. The van der Waals surface area contributed by atoms with Crippen LogP contribution in [-0.2, 0) is 33.6 Å². The number of amides is 6. The third kappa shape index (κ3) is 22.2. The van der Waals surface area contributed by atoms with Gasteiger partial charge in [0, 0.05) is 133 Å². The van der Waals surface area contributed by atoms with E-state index >= 15 is 0 Å². The van der Waals surface area contributed by atoms with Crippen LogP contribution in [0.25, 0.3) is 0 Å². The summed E-state index contributed by atoms with van der Waals surface area (Å²) >= 11 is 0. The molecule has 0 spiro atoms. The largest absolute Gasteiger partial charge is 0.481 e. The summed E-state index contributed by atoms with van der Waals surface area (Å²) in [7, 11) is 1.46. The van der Waals surface area contributed by atoms with Crippen molar-refractivity contribution in [3.05, 3.63) is 13.8 Å². The number of rotatable bonds is 19. The molecule has 2 atom stereocenters. The van der Waals surface area contributed by atoms with Crippen molar-refractivity contribution in [2.45, 2.75) is 45.7 Å². The van der Waals surface area contributed by atoms with Gasteiger partial charge in [0.25, 0.3) is 0 Å². The number of nitrogens with one attached hydrogen (secondary N) is 5. The number of hydrogen-bond donors (Lipinski definition) is 6. The maximum Gasteiger partial charge on any atom is 0.305 e. The number of likely N-dealkylation sites (N-methyl/N-ethyl adjacent to an activating group) is 1. The van der Waals surface area contributed by atoms with Gasteiger partial charge in [0.1, 0.15) is 12.1 Å². The summed E-state index contributed by atoms with van der Waals surface area (Å²) in [4.78, 5) is 85.9. The van der Waals surface area contributed by atoms with Gasteiger partial charge in [0.2, 0.25) is 23.6 Å². The van der Waals surface area contributed by atoms with Gasteiger partial charge in [0.15, 0.2) is 0 Å². The number of carboxylic acids is 1. The molecule has 0 radical (unpaired) electrons. The van der Waals surface area contributed by atoms with Crippen molar-refractivity contribution in [1.29, 1.82) is 0 Å². The molecule has 0 aromatic carbocycles. The van der Waals surface area contributed by atoms with Crippen LogP contribution < -0.4 is 26.6 Å². The molecule has 0 fully saturated rings. The Hall–Kier alpha value is -1.36. The molecule has 17 heteroatoms. The van der Waals surface area contributed by atoms with Crippen molar-refractivity contribution < 1.29 is 119 Å². The minimum absolute atomic E-state index is 0. The summed E-state index contributed by atoms with van der Waals surface area (Å²) in [6, 6.07) is -2.27. The molecule has 0 heterocycles. The Bertz CT molecular complexity index is 888. The fraction of sp³-hybridized carbons (Fsp3) is 0.640. The molecular weight excluding hydrogens is 841 g/mol. The molecule has 0 bridgehead atoms. The van der Waals surface area contributed by atoms with Gasteiger partial charge in [-0.25, -0.2) is 0 Å². The summed E-state index contributed by atoms with van der Waals surface area (Å²) in [6.07, 6.45) is -0.361. The Labute approximate surface area is 311 Å². The van der Waals surface area contributed by atoms with Gasteiger partial charge in [-0.05, 0) is 12.3 Å². The van der Waals surface area contributed by atoms with Crippen molar-refractivity contribution in [3.8, 4) is 0 Å². The van der Waals surface area contributed by atoms with E-state index in [2.05, 4.69) is 40.4 Å². The topological polar surface area (TPSA) is 206 Å². The predicted molar refractivity (Wildman–Crippen MR) is 145 cm³/mol. The molecule has 0 aromatic heterocycles. The number of carboxylic acid groups (broad SMARTS) is 1. The van der Waals surface area contributed by atoms with E-state index in [1.165, 1.54) is 18.9 Å². The van der Waals surface area contributed by atoms with Crippen LogP contribution in [0.1, 0.15) is 33.6 Å². The van der Waals surface area contributed by atoms with Crippen LogP contribution in [0, 0.1) is 99.6 Å². The molecule has 6 N–H and O–H groups in total. The van der Waals surface area contributed by atoms with E-state index < -0.39 is 54.0 Å².